The smallest absolute Gasteiger partial charge is 0.124 e. The Morgan fingerprint density at radius 3 is 3.07 bits per heavy atom. The van der Waals surface area contributed by atoms with Gasteiger partial charge in [-0.15, -0.1) is 0 Å². The van der Waals surface area contributed by atoms with E-state index < -0.39 is 0 Å². The van der Waals surface area contributed by atoms with Gasteiger partial charge in [0.25, 0.3) is 0 Å². The first-order valence-electron chi connectivity index (χ1n) is 5.01. The molecular weight excluding hydrogens is 258 g/mol. The lowest BCUT2D eigenvalue weighted by atomic mass is 10.1. The van der Waals surface area contributed by atoms with Crippen molar-refractivity contribution in [3.05, 3.63) is 16.7 Å². The molecule has 1 aliphatic heterocycles. The average molecular weight is 272 g/mol. The summed E-state index contributed by atoms with van der Waals surface area (Å²) >= 11 is 3.46. The van der Waals surface area contributed by atoms with Gasteiger partial charge in [-0.3, -0.25) is 0 Å². The van der Waals surface area contributed by atoms with Crippen LogP contribution >= 0.6 is 15.9 Å². The summed E-state index contributed by atoms with van der Waals surface area (Å²) in [4.78, 5) is 6.19. The first kappa shape index (κ1) is 10.7. The summed E-state index contributed by atoms with van der Waals surface area (Å²) in [6.45, 7) is 1.63. The molecule has 1 aliphatic rings. The van der Waals surface area contributed by atoms with Crippen LogP contribution in [0.5, 0.6) is 0 Å². The summed E-state index contributed by atoms with van der Waals surface area (Å²) in [5.74, 6) is 0.503. The van der Waals surface area contributed by atoms with Crippen molar-refractivity contribution in [1.82, 2.24) is 4.98 Å². The van der Waals surface area contributed by atoms with E-state index in [1.165, 1.54) is 0 Å². The number of aromatic nitrogens is 1. The molecule has 82 valence electrons. The Morgan fingerprint density at radius 1 is 1.60 bits per heavy atom. The number of nitrogens with zero attached hydrogens (tertiary/aromatic N) is 2. The highest BCUT2D eigenvalue weighted by atomic mass is 79.9. The fourth-order valence-corrected chi connectivity index (χ4v) is 2.43. The largest absolute Gasteiger partial charge is 0.391 e. The van der Waals surface area contributed by atoms with Crippen LogP contribution in [0.15, 0.2) is 16.7 Å². The van der Waals surface area contributed by atoms with Crippen LogP contribution in [0.2, 0.25) is 0 Å². The molecule has 0 saturated carbocycles. The summed E-state index contributed by atoms with van der Waals surface area (Å²) in [6.07, 6.45) is 3.41. The Morgan fingerprint density at radius 2 is 2.40 bits per heavy atom. The summed E-state index contributed by atoms with van der Waals surface area (Å²) in [7, 11) is 0. The monoisotopic (exact) mass is 271 g/mol. The van der Waals surface area contributed by atoms with Gasteiger partial charge >= 0.3 is 0 Å². The average Bonchev–Trinajstić information content (AvgIpc) is 2.17. The summed E-state index contributed by atoms with van der Waals surface area (Å²) in [5.41, 5.74) is 6.58. The number of rotatable bonds is 1. The fraction of sp³-hybridized carbons (Fsp3) is 0.500. The maximum Gasteiger partial charge on any atom is 0.124 e. The SMILES string of the molecule is Nc1cc(Br)c(N2CCCC(O)C2)cn1. The van der Waals surface area contributed by atoms with Crippen LogP contribution in [0.3, 0.4) is 0 Å². The lowest BCUT2D eigenvalue weighted by Gasteiger charge is -2.32. The molecule has 1 unspecified atom stereocenters. The second-order valence-corrected chi connectivity index (χ2v) is 4.66. The van der Waals surface area contributed by atoms with Gasteiger partial charge in [-0.25, -0.2) is 4.98 Å². The third-order valence-corrected chi connectivity index (χ3v) is 3.23. The van der Waals surface area contributed by atoms with Crippen LogP contribution in [-0.2, 0) is 0 Å². The zero-order valence-electron chi connectivity index (χ0n) is 8.36. The Balaban J connectivity index is 2.21. The number of β-amino-alcohol motifs (C(OH)–C–C–N with tert-alkyl or cyclic N) is 1. The zero-order chi connectivity index (χ0) is 10.8. The molecule has 1 fully saturated rings. The lowest BCUT2D eigenvalue weighted by molar-refractivity contribution is 0.154. The Bertz CT molecular complexity index is 359. The second-order valence-electron chi connectivity index (χ2n) is 3.80. The minimum Gasteiger partial charge on any atom is -0.391 e. The lowest BCUT2D eigenvalue weighted by Crippen LogP contribution is -2.38. The fourth-order valence-electron chi connectivity index (χ4n) is 1.84. The van der Waals surface area contributed by atoms with E-state index in [0.29, 0.717) is 12.4 Å². The number of anilines is 2. The van der Waals surface area contributed by atoms with Crippen LogP contribution in [0, 0.1) is 0 Å². The predicted molar refractivity (Wildman–Crippen MR) is 63.8 cm³/mol. The third kappa shape index (κ3) is 2.41. The quantitative estimate of drug-likeness (QED) is 0.811. The minimum atomic E-state index is -0.233. The number of nitrogen functional groups attached to an aromatic ring is 1. The van der Waals surface area contributed by atoms with Gasteiger partial charge in [0.2, 0.25) is 0 Å². The summed E-state index contributed by atoms with van der Waals surface area (Å²) in [5, 5.41) is 9.58. The van der Waals surface area contributed by atoms with Crippen LogP contribution in [0.25, 0.3) is 0 Å². The highest BCUT2D eigenvalue weighted by Gasteiger charge is 2.19. The number of hydrogen-bond acceptors (Lipinski definition) is 4. The van der Waals surface area contributed by atoms with Gasteiger partial charge in [0.1, 0.15) is 5.82 Å². The molecule has 1 aromatic rings. The van der Waals surface area contributed by atoms with E-state index in [-0.39, 0.29) is 6.10 Å². The van der Waals surface area contributed by atoms with E-state index >= 15 is 0 Å². The van der Waals surface area contributed by atoms with E-state index in [9.17, 15) is 5.11 Å². The molecule has 2 rings (SSSR count). The molecule has 1 atom stereocenters. The first-order chi connectivity index (χ1) is 7.16. The Labute approximate surface area is 97.2 Å². The number of hydrogen-bond donors (Lipinski definition) is 2. The molecule has 0 amide bonds. The van der Waals surface area contributed by atoms with E-state index in [1.54, 1.807) is 12.3 Å². The maximum absolute atomic E-state index is 9.58. The van der Waals surface area contributed by atoms with Gasteiger partial charge in [0.05, 0.1) is 18.0 Å². The van der Waals surface area contributed by atoms with Crippen molar-refractivity contribution in [1.29, 1.82) is 0 Å². The van der Waals surface area contributed by atoms with E-state index in [2.05, 4.69) is 25.8 Å². The topological polar surface area (TPSA) is 62.4 Å². The van der Waals surface area contributed by atoms with E-state index in [4.69, 9.17) is 5.73 Å². The van der Waals surface area contributed by atoms with Crippen molar-refractivity contribution in [2.24, 2.45) is 0 Å². The molecule has 15 heavy (non-hydrogen) atoms. The molecule has 1 aromatic heterocycles. The van der Waals surface area contributed by atoms with Crippen molar-refractivity contribution in [3.63, 3.8) is 0 Å². The Hall–Kier alpha value is -0.810. The van der Waals surface area contributed by atoms with Crippen molar-refractivity contribution in [3.8, 4) is 0 Å². The Kier molecular flexibility index (Phi) is 3.11. The molecule has 2 heterocycles. The van der Waals surface area contributed by atoms with Crippen molar-refractivity contribution < 1.29 is 5.11 Å². The van der Waals surface area contributed by atoms with Crippen molar-refractivity contribution in [2.45, 2.75) is 18.9 Å². The molecule has 0 spiro atoms. The number of pyridine rings is 1. The van der Waals surface area contributed by atoms with Gasteiger partial charge in [-0.05, 0) is 34.8 Å². The molecule has 3 N–H and O–H groups in total. The van der Waals surface area contributed by atoms with Crippen LogP contribution in [0.4, 0.5) is 11.5 Å². The van der Waals surface area contributed by atoms with Gasteiger partial charge < -0.3 is 15.7 Å². The maximum atomic E-state index is 9.58. The highest BCUT2D eigenvalue weighted by Crippen LogP contribution is 2.28. The van der Waals surface area contributed by atoms with Gasteiger partial charge in [-0.1, -0.05) is 0 Å². The van der Waals surface area contributed by atoms with Crippen LogP contribution < -0.4 is 10.6 Å². The minimum absolute atomic E-state index is 0.233. The second kappa shape index (κ2) is 4.37. The molecular formula is C10H14BrN3O. The molecule has 0 radical (unpaired) electrons. The molecule has 1 saturated heterocycles. The normalized spacial score (nSPS) is 21.7. The van der Waals surface area contributed by atoms with E-state index in [0.717, 1.165) is 29.5 Å². The first-order valence-corrected chi connectivity index (χ1v) is 5.80. The summed E-state index contributed by atoms with van der Waals surface area (Å²) in [6, 6.07) is 1.79. The van der Waals surface area contributed by atoms with E-state index in [1.807, 2.05) is 0 Å². The number of aliphatic hydroxyl groups excluding tert-OH is 1. The van der Waals surface area contributed by atoms with Gasteiger partial charge in [-0.2, -0.15) is 0 Å². The predicted octanol–water partition coefficient (Wildman–Crippen LogP) is 1.39. The zero-order valence-corrected chi connectivity index (χ0v) is 9.94. The van der Waals surface area contributed by atoms with Crippen LogP contribution in [0.1, 0.15) is 12.8 Å². The standard InChI is InChI=1S/C10H14BrN3O/c11-8-4-10(12)13-5-9(8)14-3-1-2-7(15)6-14/h4-5,7,15H,1-3,6H2,(H2,12,13). The van der Waals surface area contributed by atoms with Crippen LogP contribution in [-0.4, -0.2) is 29.3 Å². The highest BCUT2D eigenvalue weighted by molar-refractivity contribution is 9.10. The number of nitrogens with two attached hydrogens (primary N) is 1. The molecule has 0 aliphatic carbocycles. The van der Waals surface area contributed by atoms with Gasteiger partial charge in [0, 0.05) is 17.6 Å². The van der Waals surface area contributed by atoms with Gasteiger partial charge in [0.15, 0.2) is 0 Å². The molecule has 0 aromatic carbocycles. The van der Waals surface area contributed by atoms with Crippen molar-refractivity contribution >= 4 is 27.4 Å². The van der Waals surface area contributed by atoms with Crippen molar-refractivity contribution in [2.75, 3.05) is 23.7 Å². The molecule has 0 bridgehead atoms. The number of aliphatic hydroxyl groups is 1. The number of piperidine rings is 1. The third-order valence-electron chi connectivity index (χ3n) is 2.59. The number of halogens is 1. The molecule has 4 nitrogen and oxygen atoms in total. The summed E-state index contributed by atoms with van der Waals surface area (Å²) < 4.78 is 0.934. The molecule has 5 heteroatoms.